The average Bonchev–Trinajstić information content (AvgIpc) is 3.22. The third kappa shape index (κ3) is 6.67. The van der Waals surface area contributed by atoms with Crippen LogP contribution in [0, 0.1) is 0 Å². The molecule has 0 atom stereocenters. The fourth-order valence-electron chi connectivity index (χ4n) is 2.88. The van der Waals surface area contributed by atoms with E-state index in [-0.39, 0.29) is 0 Å². The van der Waals surface area contributed by atoms with Crippen LogP contribution in [0.1, 0.15) is 24.5 Å². The summed E-state index contributed by atoms with van der Waals surface area (Å²) >= 11 is 12.2. The number of aromatic nitrogens is 2. The van der Waals surface area contributed by atoms with Gasteiger partial charge in [0.1, 0.15) is 6.61 Å². The molecule has 0 aliphatic heterocycles. The summed E-state index contributed by atoms with van der Waals surface area (Å²) in [5.74, 6) is 1.43. The van der Waals surface area contributed by atoms with Crippen molar-refractivity contribution in [1.82, 2.24) is 14.9 Å². The number of imidazole rings is 1. The van der Waals surface area contributed by atoms with Crippen LogP contribution in [0.4, 0.5) is 0 Å². The van der Waals surface area contributed by atoms with Crippen molar-refractivity contribution < 1.29 is 9.47 Å². The van der Waals surface area contributed by atoms with Gasteiger partial charge < -0.3 is 19.4 Å². The van der Waals surface area contributed by atoms with Crippen LogP contribution in [-0.2, 0) is 19.7 Å². The second kappa shape index (κ2) is 11.1. The molecule has 29 heavy (non-hydrogen) atoms. The molecule has 0 saturated carbocycles. The lowest BCUT2D eigenvalue weighted by Crippen LogP contribution is -2.16. The molecule has 0 aliphatic carbocycles. The van der Waals surface area contributed by atoms with Crippen LogP contribution in [0.25, 0.3) is 0 Å². The standard InChI is InChI=1S/C22H25Cl2N3O2/c1-2-28-22-12-17(14-25-8-3-10-27-11-9-26-16-27)4-7-21(22)29-15-18-5-6-19(23)13-20(18)24/h4-7,9,11-13,16,25H,2-3,8,10,14-15H2,1H3. The fraction of sp³-hybridized carbons (Fsp3) is 0.318. The smallest absolute Gasteiger partial charge is 0.161 e. The monoisotopic (exact) mass is 433 g/mol. The maximum atomic E-state index is 6.23. The van der Waals surface area contributed by atoms with Gasteiger partial charge in [-0.3, -0.25) is 0 Å². The van der Waals surface area contributed by atoms with Crippen LogP contribution in [0.5, 0.6) is 11.5 Å². The maximum Gasteiger partial charge on any atom is 0.161 e. The zero-order valence-electron chi connectivity index (χ0n) is 16.4. The van der Waals surface area contributed by atoms with Gasteiger partial charge in [-0.15, -0.1) is 0 Å². The van der Waals surface area contributed by atoms with Crippen molar-refractivity contribution in [2.24, 2.45) is 0 Å². The van der Waals surface area contributed by atoms with E-state index in [0.29, 0.717) is 29.0 Å². The van der Waals surface area contributed by atoms with Crippen molar-refractivity contribution in [2.75, 3.05) is 13.2 Å². The van der Waals surface area contributed by atoms with E-state index in [4.69, 9.17) is 32.7 Å². The molecule has 0 saturated heterocycles. The molecule has 3 rings (SSSR count). The molecule has 3 aromatic rings. The van der Waals surface area contributed by atoms with Crippen molar-refractivity contribution in [3.8, 4) is 11.5 Å². The number of benzene rings is 2. The number of aryl methyl sites for hydroxylation is 1. The van der Waals surface area contributed by atoms with E-state index in [9.17, 15) is 0 Å². The molecule has 0 aliphatic rings. The highest BCUT2D eigenvalue weighted by molar-refractivity contribution is 6.35. The van der Waals surface area contributed by atoms with E-state index in [1.165, 1.54) is 0 Å². The van der Waals surface area contributed by atoms with E-state index in [1.807, 2.05) is 43.7 Å². The Morgan fingerprint density at radius 3 is 2.72 bits per heavy atom. The summed E-state index contributed by atoms with van der Waals surface area (Å²) in [5, 5.41) is 4.66. The summed E-state index contributed by atoms with van der Waals surface area (Å²) in [4.78, 5) is 4.05. The molecule has 1 N–H and O–H groups in total. The van der Waals surface area contributed by atoms with E-state index in [1.54, 1.807) is 18.3 Å². The number of hydrogen-bond donors (Lipinski definition) is 1. The lowest BCUT2D eigenvalue weighted by atomic mass is 10.2. The van der Waals surface area contributed by atoms with Crippen molar-refractivity contribution in [3.63, 3.8) is 0 Å². The molecule has 0 fully saturated rings. The summed E-state index contributed by atoms with van der Waals surface area (Å²) in [6.07, 6.45) is 6.65. The van der Waals surface area contributed by atoms with Gasteiger partial charge in [0.25, 0.3) is 0 Å². The Hall–Kier alpha value is -2.21. The number of nitrogens with zero attached hydrogens (tertiary/aromatic N) is 2. The first kappa shape index (κ1) is 21.5. The van der Waals surface area contributed by atoms with Gasteiger partial charge in [0.15, 0.2) is 11.5 Å². The zero-order chi connectivity index (χ0) is 20.5. The Balaban J connectivity index is 1.53. The second-order valence-electron chi connectivity index (χ2n) is 6.57. The van der Waals surface area contributed by atoms with E-state index in [2.05, 4.69) is 14.9 Å². The largest absolute Gasteiger partial charge is 0.490 e. The zero-order valence-corrected chi connectivity index (χ0v) is 17.9. The van der Waals surface area contributed by atoms with Gasteiger partial charge in [0, 0.05) is 41.1 Å². The van der Waals surface area contributed by atoms with E-state index in [0.717, 1.165) is 42.9 Å². The Morgan fingerprint density at radius 1 is 1.07 bits per heavy atom. The van der Waals surface area contributed by atoms with Crippen LogP contribution >= 0.6 is 23.2 Å². The molecular formula is C22H25Cl2N3O2. The topological polar surface area (TPSA) is 48.3 Å². The first-order chi connectivity index (χ1) is 14.2. The van der Waals surface area contributed by atoms with E-state index < -0.39 is 0 Å². The highest BCUT2D eigenvalue weighted by Crippen LogP contribution is 2.30. The van der Waals surface area contributed by atoms with Crippen molar-refractivity contribution >= 4 is 23.2 Å². The van der Waals surface area contributed by atoms with E-state index >= 15 is 0 Å². The minimum absolute atomic E-state index is 0.349. The lowest BCUT2D eigenvalue weighted by molar-refractivity contribution is 0.269. The normalized spacial score (nSPS) is 10.9. The molecule has 0 amide bonds. The summed E-state index contributed by atoms with van der Waals surface area (Å²) in [5.41, 5.74) is 2.02. The molecule has 154 valence electrons. The van der Waals surface area contributed by atoms with Gasteiger partial charge in [-0.25, -0.2) is 4.98 Å². The number of ether oxygens (including phenoxy) is 2. The Kier molecular flexibility index (Phi) is 8.23. The molecule has 0 unspecified atom stereocenters. The minimum Gasteiger partial charge on any atom is -0.490 e. The first-order valence-electron chi connectivity index (χ1n) is 9.64. The highest BCUT2D eigenvalue weighted by Gasteiger charge is 2.09. The predicted octanol–water partition coefficient (Wildman–Crippen LogP) is 5.35. The summed E-state index contributed by atoms with van der Waals surface area (Å²) in [6.45, 7) is 5.53. The van der Waals surface area contributed by atoms with Crippen LogP contribution < -0.4 is 14.8 Å². The quantitative estimate of drug-likeness (QED) is 0.414. The Bertz CT molecular complexity index is 901. The van der Waals surface area contributed by atoms with Crippen LogP contribution in [0.15, 0.2) is 55.1 Å². The number of rotatable bonds is 11. The van der Waals surface area contributed by atoms with Gasteiger partial charge in [-0.05, 0) is 49.7 Å². The van der Waals surface area contributed by atoms with Gasteiger partial charge in [-0.2, -0.15) is 0 Å². The Morgan fingerprint density at radius 2 is 1.97 bits per heavy atom. The highest BCUT2D eigenvalue weighted by atomic mass is 35.5. The van der Waals surface area contributed by atoms with Crippen LogP contribution in [0.3, 0.4) is 0 Å². The third-order valence-electron chi connectivity index (χ3n) is 4.36. The van der Waals surface area contributed by atoms with Gasteiger partial charge >= 0.3 is 0 Å². The maximum absolute atomic E-state index is 6.23. The number of nitrogens with one attached hydrogen (secondary N) is 1. The molecule has 1 heterocycles. The van der Waals surface area contributed by atoms with Gasteiger partial charge in [-0.1, -0.05) is 35.3 Å². The number of hydrogen-bond acceptors (Lipinski definition) is 4. The first-order valence-corrected chi connectivity index (χ1v) is 10.4. The average molecular weight is 434 g/mol. The summed E-state index contributed by atoms with van der Waals surface area (Å²) in [7, 11) is 0. The van der Waals surface area contributed by atoms with Gasteiger partial charge in [0.05, 0.1) is 12.9 Å². The molecule has 0 spiro atoms. The summed E-state index contributed by atoms with van der Waals surface area (Å²) < 4.78 is 13.8. The lowest BCUT2D eigenvalue weighted by Gasteiger charge is -2.14. The summed E-state index contributed by atoms with van der Waals surface area (Å²) in [6, 6.07) is 11.4. The predicted molar refractivity (Wildman–Crippen MR) is 117 cm³/mol. The molecule has 5 nitrogen and oxygen atoms in total. The van der Waals surface area contributed by atoms with Crippen molar-refractivity contribution in [2.45, 2.75) is 33.0 Å². The van der Waals surface area contributed by atoms with Gasteiger partial charge in [0.2, 0.25) is 0 Å². The number of halogens is 2. The van der Waals surface area contributed by atoms with Crippen molar-refractivity contribution in [3.05, 3.63) is 76.3 Å². The molecular weight excluding hydrogens is 409 g/mol. The fourth-order valence-corrected chi connectivity index (χ4v) is 3.35. The second-order valence-corrected chi connectivity index (χ2v) is 7.41. The molecule has 7 heteroatoms. The molecule has 1 aromatic heterocycles. The van der Waals surface area contributed by atoms with Crippen LogP contribution in [0.2, 0.25) is 10.0 Å². The third-order valence-corrected chi connectivity index (χ3v) is 4.95. The Labute approximate surface area is 181 Å². The molecule has 0 radical (unpaired) electrons. The van der Waals surface area contributed by atoms with Crippen molar-refractivity contribution in [1.29, 1.82) is 0 Å². The minimum atomic E-state index is 0.349. The SMILES string of the molecule is CCOc1cc(CNCCCn2ccnc2)ccc1OCc1ccc(Cl)cc1Cl. The van der Waals surface area contributed by atoms with Crippen LogP contribution in [-0.4, -0.2) is 22.7 Å². The molecule has 0 bridgehead atoms. The molecule has 2 aromatic carbocycles.